The number of aliphatic carboxylic acids is 1. The minimum Gasteiger partial charge on any atom is -0.481 e. The van der Waals surface area contributed by atoms with Crippen molar-refractivity contribution in [2.75, 3.05) is 13.1 Å². The SMILES string of the molecule is O=C(O)CCC1CCN(C(=O)Cc2ccc(Cl)cc2)CC1. The van der Waals surface area contributed by atoms with E-state index in [-0.39, 0.29) is 12.3 Å². The summed E-state index contributed by atoms with van der Waals surface area (Å²) < 4.78 is 0. The quantitative estimate of drug-likeness (QED) is 0.909. The van der Waals surface area contributed by atoms with Crippen LogP contribution in [0.15, 0.2) is 24.3 Å². The molecule has 1 saturated heterocycles. The molecular weight excluding hydrogens is 290 g/mol. The number of hydrogen-bond acceptors (Lipinski definition) is 2. The van der Waals surface area contributed by atoms with Crippen LogP contribution in [0.1, 0.15) is 31.2 Å². The van der Waals surface area contributed by atoms with E-state index in [0.717, 1.165) is 31.5 Å². The van der Waals surface area contributed by atoms with E-state index < -0.39 is 5.97 Å². The summed E-state index contributed by atoms with van der Waals surface area (Å²) in [5.41, 5.74) is 0.970. The molecule has 1 aromatic carbocycles. The third kappa shape index (κ3) is 5.05. The van der Waals surface area contributed by atoms with Crippen molar-refractivity contribution in [3.8, 4) is 0 Å². The van der Waals surface area contributed by atoms with Gasteiger partial charge >= 0.3 is 5.97 Å². The monoisotopic (exact) mass is 309 g/mol. The number of carboxylic acid groups (broad SMARTS) is 1. The van der Waals surface area contributed by atoms with E-state index in [1.165, 1.54) is 0 Å². The molecule has 1 N–H and O–H groups in total. The van der Waals surface area contributed by atoms with Gasteiger partial charge in [-0.05, 0) is 42.9 Å². The van der Waals surface area contributed by atoms with Crippen LogP contribution < -0.4 is 0 Å². The molecule has 114 valence electrons. The molecule has 1 heterocycles. The van der Waals surface area contributed by atoms with Gasteiger partial charge in [-0.25, -0.2) is 0 Å². The summed E-state index contributed by atoms with van der Waals surface area (Å²) >= 11 is 5.83. The summed E-state index contributed by atoms with van der Waals surface area (Å²) in [5, 5.41) is 9.37. The van der Waals surface area contributed by atoms with Gasteiger partial charge in [0.2, 0.25) is 5.91 Å². The first-order valence-corrected chi connectivity index (χ1v) is 7.66. The lowest BCUT2D eigenvalue weighted by molar-refractivity contribution is -0.138. The van der Waals surface area contributed by atoms with Crippen LogP contribution >= 0.6 is 11.6 Å². The number of rotatable bonds is 5. The molecule has 0 saturated carbocycles. The molecule has 1 amide bonds. The number of likely N-dealkylation sites (tertiary alicyclic amines) is 1. The number of amides is 1. The Bertz CT molecular complexity index is 493. The highest BCUT2D eigenvalue weighted by Gasteiger charge is 2.23. The fraction of sp³-hybridized carbons (Fsp3) is 0.500. The molecule has 0 spiro atoms. The number of carboxylic acids is 1. The summed E-state index contributed by atoms with van der Waals surface area (Å²) in [7, 11) is 0. The predicted molar refractivity (Wildman–Crippen MR) is 81.3 cm³/mol. The van der Waals surface area contributed by atoms with Crippen molar-refractivity contribution < 1.29 is 14.7 Å². The summed E-state index contributed by atoms with van der Waals surface area (Å²) in [6.45, 7) is 1.47. The number of piperidine rings is 1. The molecule has 0 atom stereocenters. The Kier molecular flexibility index (Phi) is 5.62. The number of hydrogen-bond donors (Lipinski definition) is 1. The van der Waals surface area contributed by atoms with Crippen LogP contribution in [-0.2, 0) is 16.0 Å². The van der Waals surface area contributed by atoms with Crippen molar-refractivity contribution in [1.82, 2.24) is 4.90 Å². The zero-order chi connectivity index (χ0) is 15.2. The van der Waals surface area contributed by atoms with E-state index in [1.807, 2.05) is 17.0 Å². The third-order valence-electron chi connectivity index (χ3n) is 4.00. The molecule has 4 nitrogen and oxygen atoms in total. The van der Waals surface area contributed by atoms with Crippen LogP contribution in [0.25, 0.3) is 0 Å². The van der Waals surface area contributed by atoms with Crippen molar-refractivity contribution in [2.24, 2.45) is 5.92 Å². The normalized spacial score (nSPS) is 16.0. The molecular formula is C16H20ClNO3. The average molecular weight is 310 g/mol. The van der Waals surface area contributed by atoms with Gasteiger partial charge in [-0.15, -0.1) is 0 Å². The van der Waals surface area contributed by atoms with Crippen LogP contribution in [0.3, 0.4) is 0 Å². The summed E-state index contributed by atoms with van der Waals surface area (Å²) in [6, 6.07) is 7.34. The van der Waals surface area contributed by atoms with Crippen molar-refractivity contribution in [2.45, 2.75) is 32.1 Å². The number of carbonyl (C=O) groups is 2. The van der Waals surface area contributed by atoms with Crippen LogP contribution in [0.4, 0.5) is 0 Å². The van der Waals surface area contributed by atoms with Gasteiger partial charge in [-0.3, -0.25) is 9.59 Å². The fourth-order valence-electron chi connectivity index (χ4n) is 2.69. The Morgan fingerprint density at radius 2 is 1.81 bits per heavy atom. The maximum absolute atomic E-state index is 12.2. The molecule has 0 bridgehead atoms. The highest BCUT2D eigenvalue weighted by molar-refractivity contribution is 6.30. The molecule has 0 aromatic heterocycles. The second-order valence-corrected chi connectivity index (χ2v) is 6.00. The number of benzene rings is 1. The van der Waals surface area contributed by atoms with Gasteiger partial charge in [0.1, 0.15) is 0 Å². The largest absolute Gasteiger partial charge is 0.481 e. The molecule has 0 unspecified atom stereocenters. The summed E-state index contributed by atoms with van der Waals surface area (Å²) in [5.74, 6) is -0.175. The van der Waals surface area contributed by atoms with Crippen LogP contribution in [-0.4, -0.2) is 35.0 Å². The van der Waals surface area contributed by atoms with E-state index in [4.69, 9.17) is 16.7 Å². The fourth-order valence-corrected chi connectivity index (χ4v) is 2.81. The Labute approximate surface area is 129 Å². The Hall–Kier alpha value is -1.55. The highest BCUT2D eigenvalue weighted by atomic mass is 35.5. The average Bonchev–Trinajstić information content (AvgIpc) is 2.48. The Balaban J connectivity index is 1.77. The molecule has 0 aliphatic carbocycles. The van der Waals surface area contributed by atoms with Gasteiger partial charge in [0.05, 0.1) is 6.42 Å². The summed E-state index contributed by atoms with van der Waals surface area (Å²) in [4.78, 5) is 24.7. The minimum absolute atomic E-state index is 0.133. The second-order valence-electron chi connectivity index (χ2n) is 5.56. The first-order chi connectivity index (χ1) is 10.0. The van der Waals surface area contributed by atoms with E-state index in [9.17, 15) is 9.59 Å². The van der Waals surface area contributed by atoms with Crippen LogP contribution in [0.2, 0.25) is 5.02 Å². The van der Waals surface area contributed by atoms with Crippen molar-refractivity contribution in [3.05, 3.63) is 34.9 Å². The van der Waals surface area contributed by atoms with E-state index in [0.29, 0.717) is 23.8 Å². The van der Waals surface area contributed by atoms with E-state index >= 15 is 0 Å². The Morgan fingerprint density at radius 1 is 1.19 bits per heavy atom. The molecule has 5 heteroatoms. The first-order valence-electron chi connectivity index (χ1n) is 7.28. The molecule has 0 radical (unpaired) electrons. The van der Waals surface area contributed by atoms with Crippen molar-refractivity contribution >= 4 is 23.5 Å². The van der Waals surface area contributed by atoms with Gasteiger partial charge < -0.3 is 10.0 Å². The van der Waals surface area contributed by atoms with Gasteiger partial charge in [0, 0.05) is 24.5 Å². The maximum Gasteiger partial charge on any atom is 0.303 e. The molecule has 1 aromatic rings. The lowest BCUT2D eigenvalue weighted by Crippen LogP contribution is -2.39. The summed E-state index contributed by atoms with van der Waals surface area (Å²) in [6.07, 6.45) is 3.15. The van der Waals surface area contributed by atoms with Gasteiger partial charge in [-0.1, -0.05) is 23.7 Å². The van der Waals surface area contributed by atoms with Crippen molar-refractivity contribution in [3.63, 3.8) is 0 Å². The highest BCUT2D eigenvalue weighted by Crippen LogP contribution is 2.22. The zero-order valence-corrected chi connectivity index (χ0v) is 12.7. The number of nitrogens with zero attached hydrogens (tertiary/aromatic N) is 1. The van der Waals surface area contributed by atoms with Gasteiger partial charge in [-0.2, -0.15) is 0 Å². The number of carbonyl (C=O) groups excluding carboxylic acids is 1. The first kappa shape index (κ1) is 15.8. The standard InChI is InChI=1S/C16H20ClNO3/c17-14-4-1-13(2-5-14)11-15(19)18-9-7-12(8-10-18)3-6-16(20)21/h1-2,4-5,12H,3,6-11H2,(H,20,21). The second kappa shape index (κ2) is 7.46. The smallest absolute Gasteiger partial charge is 0.303 e. The third-order valence-corrected chi connectivity index (χ3v) is 4.25. The van der Waals surface area contributed by atoms with Gasteiger partial charge in [0.25, 0.3) is 0 Å². The van der Waals surface area contributed by atoms with Crippen LogP contribution in [0, 0.1) is 5.92 Å². The lowest BCUT2D eigenvalue weighted by Gasteiger charge is -2.32. The molecule has 2 rings (SSSR count). The van der Waals surface area contributed by atoms with Gasteiger partial charge in [0.15, 0.2) is 0 Å². The zero-order valence-electron chi connectivity index (χ0n) is 11.9. The van der Waals surface area contributed by atoms with E-state index in [2.05, 4.69) is 0 Å². The maximum atomic E-state index is 12.2. The topological polar surface area (TPSA) is 57.6 Å². The molecule has 21 heavy (non-hydrogen) atoms. The van der Waals surface area contributed by atoms with E-state index in [1.54, 1.807) is 12.1 Å². The molecule has 1 fully saturated rings. The minimum atomic E-state index is -0.740. The Morgan fingerprint density at radius 3 is 2.38 bits per heavy atom. The lowest BCUT2D eigenvalue weighted by atomic mass is 9.92. The molecule has 1 aliphatic heterocycles. The predicted octanol–water partition coefficient (Wildman–Crippen LogP) is 2.99. The van der Waals surface area contributed by atoms with Crippen LogP contribution in [0.5, 0.6) is 0 Å². The van der Waals surface area contributed by atoms with Crippen molar-refractivity contribution in [1.29, 1.82) is 0 Å². The number of halogens is 1. The molecule has 1 aliphatic rings.